The molecule has 1 amide bonds. The minimum atomic E-state index is -0.741. The van der Waals surface area contributed by atoms with Crippen molar-refractivity contribution < 1.29 is 14.6 Å². The molecule has 1 heterocycles. The highest BCUT2D eigenvalue weighted by atomic mass is 16.5. The third-order valence-corrected chi connectivity index (χ3v) is 4.32. The zero-order valence-corrected chi connectivity index (χ0v) is 11.4. The summed E-state index contributed by atoms with van der Waals surface area (Å²) in [5.41, 5.74) is -0.741. The molecule has 1 saturated heterocycles. The second-order valence-corrected chi connectivity index (χ2v) is 5.80. The highest BCUT2D eigenvalue weighted by Gasteiger charge is 2.36. The van der Waals surface area contributed by atoms with Gasteiger partial charge in [0.15, 0.2) is 0 Å². The average Bonchev–Trinajstić information content (AvgIpc) is 2.78. The minimum absolute atomic E-state index is 0.110. The van der Waals surface area contributed by atoms with E-state index in [-0.39, 0.29) is 11.9 Å². The van der Waals surface area contributed by atoms with Crippen LogP contribution in [-0.4, -0.2) is 47.8 Å². The lowest BCUT2D eigenvalue weighted by Gasteiger charge is -2.34. The van der Waals surface area contributed by atoms with E-state index in [0.29, 0.717) is 13.0 Å². The van der Waals surface area contributed by atoms with Crippen LogP contribution in [0.1, 0.15) is 51.4 Å². The SMILES string of the molecule is COCC1CCCN1C(=O)CC1(O)CCCCC1. The van der Waals surface area contributed by atoms with Crippen LogP contribution in [0.4, 0.5) is 0 Å². The van der Waals surface area contributed by atoms with Gasteiger partial charge in [-0.3, -0.25) is 4.79 Å². The number of hydrogen-bond acceptors (Lipinski definition) is 3. The molecular weight excluding hydrogens is 230 g/mol. The first kappa shape index (κ1) is 13.8. The van der Waals surface area contributed by atoms with Crippen LogP contribution in [0, 0.1) is 0 Å². The van der Waals surface area contributed by atoms with Crippen molar-refractivity contribution in [2.75, 3.05) is 20.3 Å². The van der Waals surface area contributed by atoms with Crippen molar-refractivity contribution in [1.29, 1.82) is 0 Å². The van der Waals surface area contributed by atoms with Gasteiger partial charge in [-0.25, -0.2) is 0 Å². The molecule has 0 aromatic rings. The Morgan fingerprint density at radius 2 is 2.06 bits per heavy atom. The number of nitrogens with zero attached hydrogens (tertiary/aromatic N) is 1. The molecule has 104 valence electrons. The number of aliphatic hydroxyl groups is 1. The number of carbonyl (C=O) groups excluding carboxylic acids is 1. The van der Waals surface area contributed by atoms with E-state index >= 15 is 0 Å². The van der Waals surface area contributed by atoms with Crippen LogP contribution in [-0.2, 0) is 9.53 Å². The molecule has 1 aliphatic carbocycles. The molecule has 0 radical (unpaired) electrons. The second kappa shape index (κ2) is 6.02. The number of likely N-dealkylation sites (tertiary alicyclic amines) is 1. The van der Waals surface area contributed by atoms with Gasteiger partial charge in [0.25, 0.3) is 0 Å². The van der Waals surface area contributed by atoms with Crippen molar-refractivity contribution in [2.45, 2.75) is 63.0 Å². The van der Waals surface area contributed by atoms with E-state index in [1.165, 1.54) is 6.42 Å². The summed E-state index contributed by atoms with van der Waals surface area (Å²) in [6.07, 6.45) is 7.22. The molecule has 1 saturated carbocycles. The molecule has 2 aliphatic rings. The molecule has 1 aliphatic heterocycles. The molecule has 1 unspecified atom stereocenters. The van der Waals surface area contributed by atoms with Crippen molar-refractivity contribution in [3.63, 3.8) is 0 Å². The fraction of sp³-hybridized carbons (Fsp3) is 0.929. The Balaban J connectivity index is 1.90. The van der Waals surface area contributed by atoms with Crippen LogP contribution in [0.15, 0.2) is 0 Å². The third-order valence-electron chi connectivity index (χ3n) is 4.32. The summed E-state index contributed by atoms with van der Waals surface area (Å²) in [6.45, 7) is 1.44. The van der Waals surface area contributed by atoms with Gasteiger partial charge in [0.1, 0.15) is 0 Å². The summed E-state index contributed by atoms with van der Waals surface area (Å²) >= 11 is 0. The molecule has 0 aromatic carbocycles. The van der Waals surface area contributed by atoms with Crippen LogP contribution in [0.3, 0.4) is 0 Å². The number of ether oxygens (including phenoxy) is 1. The maximum absolute atomic E-state index is 12.3. The van der Waals surface area contributed by atoms with E-state index in [1.807, 2.05) is 4.90 Å². The Bertz CT molecular complexity index is 287. The predicted molar refractivity (Wildman–Crippen MR) is 69.3 cm³/mol. The lowest BCUT2D eigenvalue weighted by molar-refractivity contribution is -0.139. The lowest BCUT2D eigenvalue weighted by Crippen LogP contribution is -2.43. The van der Waals surface area contributed by atoms with Crippen LogP contribution in [0.5, 0.6) is 0 Å². The zero-order chi connectivity index (χ0) is 13.0. The van der Waals surface area contributed by atoms with Crippen LogP contribution in [0.25, 0.3) is 0 Å². The molecule has 2 fully saturated rings. The zero-order valence-electron chi connectivity index (χ0n) is 11.4. The van der Waals surface area contributed by atoms with Crippen molar-refractivity contribution in [3.8, 4) is 0 Å². The van der Waals surface area contributed by atoms with E-state index in [4.69, 9.17) is 4.74 Å². The first-order chi connectivity index (χ1) is 8.64. The fourth-order valence-corrected chi connectivity index (χ4v) is 3.30. The normalized spacial score (nSPS) is 27.4. The van der Waals surface area contributed by atoms with E-state index in [2.05, 4.69) is 0 Å². The van der Waals surface area contributed by atoms with E-state index in [1.54, 1.807) is 7.11 Å². The molecular formula is C14H25NO3. The molecule has 0 bridgehead atoms. The molecule has 2 rings (SSSR count). The minimum Gasteiger partial charge on any atom is -0.389 e. The Morgan fingerprint density at radius 1 is 1.33 bits per heavy atom. The second-order valence-electron chi connectivity index (χ2n) is 5.80. The average molecular weight is 255 g/mol. The summed E-state index contributed by atoms with van der Waals surface area (Å²) in [6, 6.07) is 0.217. The number of hydrogen-bond donors (Lipinski definition) is 1. The molecule has 4 nitrogen and oxygen atoms in total. The van der Waals surface area contributed by atoms with E-state index in [9.17, 15) is 9.90 Å². The van der Waals surface area contributed by atoms with Gasteiger partial charge in [-0.05, 0) is 25.7 Å². The maximum Gasteiger partial charge on any atom is 0.225 e. The Labute approximate surface area is 109 Å². The topological polar surface area (TPSA) is 49.8 Å². The Hall–Kier alpha value is -0.610. The standard InChI is InChI=1S/C14H25NO3/c1-18-11-12-6-5-9-15(12)13(16)10-14(17)7-3-2-4-8-14/h12,17H,2-11H2,1H3. The maximum atomic E-state index is 12.3. The summed E-state index contributed by atoms with van der Waals surface area (Å²) < 4.78 is 5.16. The number of carbonyl (C=O) groups is 1. The summed E-state index contributed by atoms with van der Waals surface area (Å²) in [4.78, 5) is 14.2. The van der Waals surface area contributed by atoms with Gasteiger partial charge in [0, 0.05) is 13.7 Å². The van der Waals surface area contributed by atoms with Crippen molar-refractivity contribution in [3.05, 3.63) is 0 Å². The molecule has 18 heavy (non-hydrogen) atoms. The van der Waals surface area contributed by atoms with Gasteiger partial charge in [0.05, 0.1) is 24.7 Å². The smallest absolute Gasteiger partial charge is 0.225 e. The van der Waals surface area contributed by atoms with Gasteiger partial charge in [-0.2, -0.15) is 0 Å². The monoisotopic (exact) mass is 255 g/mol. The van der Waals surface area contributed by atoms with Gasteiger partial charge >= 0.3 is 0 Å². The van der Waals surface area contributed by atoms with E-state index in [0.717, 1.165) is 45.1 Å². The summed E-state index contributed by atoms with van der Waals surface area (Å²) in [7, 11) is 1.68. The third kappa shape index (κ3) is 3.23. The molecule has 4 heteroatoms. The van der Waals surface area contributed by atoms with Gasteiger partial charge in [0.2, 0.25) is 5.91 Å². The summed E-state index contributed by atoms with van der Waals surface area (Å²) in [5.74, 6) is 0.110. The molecule has 0 spiro atoms. The number of methoxy groups -OCH3 is 1. The van der Waals surface area contributed by atoms with Crippen molar-refractivity contribution in [2.24, 2.45) is 0 Å². The largest absolute Gasteiger partial charge is 0.389 e. The summed E-state index contributed by atoms with van der Waals surface area (Å²) in [5, 5.41) is 10.4. The van der Waals surface area contributed by atoms with Crippen LogP contribution < -0.4 is 0 Å². The first-order valence-corrected chi connectivity index (χ1v) is 7.15. The van der Waals surface area contributed by atoms with Gasteiger partial charge in [-0.1, -0.05) is 19.3 Å². The number of amides is 1. The Kier molecular flexibility index (Phi) is 4.62. The lowest BCUT2D eigenvalue weighted by atomic mass is 9.82. The fourth-order valence-electron chi connectivity index (χ4n) is 3.30. The van der Waals surface area contributed by atoms with E-state index < -0.39 is 5.60 Å². The van der Waals surface area contributed by atoms with Gasteiger partial charge < -0.3 is 14.7 Å². The number of rotatable bonds is 4. The van der Waals surface area contributed by atoms with Gasteiger partial charge in [-0.15, -0.1) is 0 Å². The molecule has 0 aromatic heterocycles. The first-order valence-electron chi connectivity index (χ1n) is 7.15. The van der Waals surface area contributed by atoms with Crippen molar-refractivity contribution in [1.82, 2.24) is 4.90 Å². The highest BCUT2D eigenvalue weighted by Crippen LogP contribution is 2.32. The van der Waals surface area contributed by atoms with Crippen LogP contribution in [0.2, 0.25) is 0 Å². The van der Waals surface area contributed by atoms with Crippen molar-refractivity contribution >= 4 is 5.91 Å². The molecule has 1 N–H and O–H groups in total. The predicted octanol–water partition coefficient (Wildman–Crippen LogP) is 1.71. The Morgan fingerprint density at radius 3 is 2.72 bits per heavy atom. The quantitative estimate of drug-likeness (QED) is 0.832. The van der Waals surface area contributed by atoms with Crippen LogP contribution >= 0.6 is 0 Å². The highest BCUT2D eigenvalue weighted by molar-refractivity contribution is 5.78. The molecule has 1 atom stereocenters.